The highest BCUT2D eigenvalue weighted by atomic mass is 19.1. The van der Waals surface area contributed by atoms with Crippen molar-refractivity contribution in [2.45, 2.75) is 19.5 Å². The fourth-order valence-corrected chi connectivity index (χ4v) is 2.01. The van der Waals surface area contributed by atoms with Gasteiger partial charge in [0.15, 0.2) is 0 Å². The number of aromatic nitrogens is 2. The van der Waals surface area contributed by atoms with Gasteiger partial charge in [0.05, 0.1) is 23.7 Å². The fourth-order valence-electron chi connectivity index (χ4n) is 2.01. The minimum atomic E-state index is -0.291. The van der Waals surface area contributed by atoms with Crippen LogP contribution in [-0.4, -0.2) is 40.3 Å². The molecular weight excluding hydrogens is 233 g/mol. The summed E-state index contributed by atoms with van der Waals surface area (Å²) < 4.78 is 15.2. The van der Waals surface area contributed by atoms with Gasteiger partial charge >= 0.3 is 0 Å². The Bertz CT molecular complexity index is 550. The molecular formula is C13H18FN3O. The van der Waals surface area contributed by atoms with Gasteiger partial charge in [0.1, 0.15) is 11.6 Å². The summed E-state index contributed by atoms with van der Waals surface area (Å²) in [5, 5.41) is 9.16. The van der Waals surface area contributed by atoms with E-state index in [0.717, 1.165) is 11.3 Å². The summed E-state index contributed by atoms with van der Waals surface area (Å²) in [4.78, 5) is 6.52. The molecule has 4 nitrogen and oxygen atoms in total. The van der Waals surface area contributed by atoms with Crippen LogP contribution in [0.25, 0.3) is 11.0 Å². The van der Waals surface area contributed by atoms with E-state index >= 15 is 0 Å². The molecule has 0 fully saturated rings. The Morgan fingerprint density at radius 3 is 2.78 bits per heavy atom. The minimum absolute atomic E-state index is 0.0377. The van der Waals surface area contributed by atoms with Crippen molar-refractivity contribution < 1.29 is 9.50 Å². The van der Waals surface area contributed by atoms with Gasteiger partial charge in [0.2, 0.25) is 0 Å². The molecule has 1 unspecified atom stereocenters. The van der Waals surface area contributed by atoms with Crippen LogP contribution in [0.2, 0.25) is 0 Å². The predicted octanol–water partition coefficient (Wildman–Crippen LogP) is 1.79. The molecule has 0 saturated carbocycles. The van der Waals surface area contributed by atoms with Crippen molar-refractivity contribution in [3.05, 3.63) is 29.8 Å². The van der Waals surface area contributed by atoms with Crippen molar-refractivity contribution in [3.63, 3.8) is 0 Å². The molecule has 2 aromatic rings. The summed E-state index contributed by atoms with van der Waals surface area (Å²) in [5.74, 6) is 0.551. The highest BCUT2D eigenvalue weighted by molar-refractivity contribution is 5.76. The Hall–Kier alpha value is -1.46. The molecule has 0 saturated heterocycles. The van der Waals surface area contributed by atoms with Gasteiger partial charge in [0.25, 0.3) is 0 Å². The highest BCUT2D eigenvalue weighted by Crippen LogP contribution is 2.23. The SMILES string of the molecule is CC(c1nc2cc(F)ccc2n1CCO)N(C)C. The Kier molecular flexibility index (Phi) is 3.63. The number of hydrogen-bond acceptors (Lipinski definition) is 3. The fraction of sp³-hybridized carbons (Fsp3) is 0.462. The lowest BCUT2D eigenvalue weighted by molar-refractivity contribution is 0.262. The largest absolute Gasteiger partial charge is 0.395 e. The average Bonchev–Trinajstić information content (AvgIpc) is 2.66. The number of imidazole rings is 1. The molecule has 0 aliphatic rings. The van der Waals surface area contributed by atoms with Crippen molar-refractivity contribution in [2.75, 3.05) is 20.7 Å². The minimum Gasteiger partial charge on any atom is -0.395 e. The van der Waals surface area contributed by atoms with Crippen molar-refractivity contribution >= 4 is 11.0 Å². The van der Waals surface area contributed by atoms with Crippen molar-refractivity contribution in [2.24, 2.45) is 0 Å². The summed E-state index contributed by atoms with van der Waals surface area (Å²) in [7, 11) is 3.93. The average molecular weight is 251 g/mol. The first kappa shape index (κ1) is 13.0. The molecule has 18 heavy (non-hydrogen) atoms. The molecule has 1 N–H and O–H groups in total. The first-order chi connectivity index (χ1) is 8.54. The first-order valence-electron chi connectivity index (χ1n) is 5.97. The van der Waals surface area contributed by atoms with E-state index in [9.17, 15) is 4.39 Å². The van der Waals surface area contributed by atoms with E-state index in [1.807, 2.05) is 30.5 Å². The van der Waals surface area contributed by atoms with Gasteiger partial charge in [-0.2, -0.15) is 0 Å². The van der Waals surface area contributed by atoms with Crippen LogP contribution in [-0.2, 0) is 6.54 Å². The van der Waals surface area contributed by atoms with E-state index in [1.165, 1.54) is 12.1 Å². The molecule has 1 aromatic carbocycles. The zero-order valence-electron chi connectivity index (χ0n) is 10.9. The lowest BCUT2D eigenvalue weighted by Crippen LogP contribution is -2.21. The second-order valence-corrected chi connectivity index (χ2v) is 4.62. The molecule has 0 radical (unpaired) electrons. The van der Waals surface area contributed by atoms with Gasteiger partial charge in [-0.1, -0.05) is 0 Å². The Labute approximate surface area is 106 Å². The van der Waals surface area contributed by atoms with Crippen LogP contribution >= 0.6 is 0 Å². The maximum absolute atomic E-state index is 13.2. The number of hydrogen-bond donors (Lipinski definition) is 1. The summed E-state index contributed by atoms with van der Waals surface area (Å²) in [5.41, 5.74) is 1.49. The van der Waals surface area contributed by atoms with E-state index in [0.29, 0.717) is 12.1 Å². The van der Waals surface area contributed by atoms with E-state index in [4.69, 9.17) is 5.11 Å². The number of aliphatic hydroxyl groups excluding tert-OH is 1. The molecule has 0 amide bonds. The van der Waals surface area contributed by atoms with Crippen LogP contribution in [0.5, 0.6) is 0 Å². The second kappa shape index (κ2) is 5.04. The van der Waals surface area contributed by atoms with Crippen LogP contribution in [0.3, 0.4) is 0 Å². The molecule has 1 aromatic heterocycles. The van der Waals surface area contributed by atoms with Gasteiger partial charge in [-0.25, -0.2) is 9.37 Å². The third kappa shape index (κ3) is 2.23. The molecule has 2 rings (SSSR count). The van der Waals surface area contributed by atoms with E-state index < -0.39 is 0 Å². The molecule has 5 heteroatoms. The first-order valence-corrected chi connectivity index (χ1v) is 5.97. The number of aliphatic hydroxyl groups is 1. The normalized spacial score (nSPS) is 13.4. The van der Waals surface area contributed by atoms with Gasteiger partial charge in [-0.15, -0.1) is 0 Å². The van der Waals surface area contributed by atoms with Crippen molar-refractivity contribution in [3.8, 4) is 0 Å². The number of nitrogens with zero attached hydrogens (tertiary/aromatic N) is 3. The van der Waals surface area contributed by atoms with Crippen LogP contribution in [0, 0.1) is 5.82 Å². The lowest BCUT2D eigenvalue weighted by Gasteiger charge is -2.20. The number of rotatable bonds is 4. The summed E-state index contributed by atoms with van der Waals surface area (Å²) in [6.45, 7) is 2.54. The molecule has 0 aliphatic heterocycles. The quantitative estimate of drug-likeness (QED) is 0.900. The Morgan fingerprint density at radius 1 is 1.44 bits per heavy atom. The van der Waals surface area contributed by atoms with E-state index in [1.54, 1.807) is 6.07 Å². The van der Waals surface area contributed by atoms with Crippen LogP contribution in [0.4, 0.5) is 4.39 Å². The van der Waals surface area contributed by atoms with Crippen LogP contribution in [0.1, 0.15) is 18.8 Å². The van der Waals surface area contributed by atoms with E-state index in [2.05, 4.69) is 4.98 Å². The smallest absolute Gasteiger partial charge is 0.127 e. The molecule has 0 bridgehead atoms. The third-order valence-electron chi connectivity index (χ3n) is 3.21. The maximum Gasteiger partial charge on any atom is 0.127 e. The topological polar surface area (TPSA) is 41.3 Å². The number of benzene rings is 1. The second-order valence-electron chi connectivity index (χ2n) is 4.62. The Balaban J connectivity index is 2.60. The lowest BCUT2D eigenvalue weighted by atomic mass is 10.3. The monoisotopic (exact) mass is 251 g/mol. The number of fused-ring (bicyclic) bond motifs is 1. The van der Waals surface area contributed by atoms with Crippen molar-refractivity contribution in [1.29, 1.82) is 0 Å². The third-order valence-corrected chi connectivity index (χ3v) is 3.21. The zero-order valence-corrected chi connectivity index (χ0v) is 10.9. The summed E-state index contributed by atoms with van der Waals surface area (Å²) in [6.07, 6.45) is 0. The molecule has 0 aliphatic carbocycles. The van der Waals surface area contributed by atoms with Gasteiger partial charge < -0.3 is 9.67 Å². The predicted molar refractivity (Wildman–Crippen MR) is 68.9 cm³/mol. The molecule has 0 spiro atoms. The van der Waals surface area contributed by atoms with Crippen LogP contribution < -0.4 is 0 Å². The van der Waals surface area contributed by atoms with Crippen LogP contribution in [0.15, 0.2) is 18.2 Å². The van der Waals surface area contributed by atoms with Gasteiger partial charge in [-0.05, 0) is 33.2 Å². The summed E-state index contributed by atoms with van der Waals surface area (Å²) >= 11 is 0. The van der Waals surface area contributed by atoms with E-state index in [-0.39, 0.29) is 18.5 Å². The maximum atomic E-state index is 13.2. The zero-order chi connectivity index (χ0) is 13.3. The standard InChI is InChI=1S/C13H18FN3O/c1-9(16(2)3)13-15-11-8-10(14)4-5-12(11)17(13)6-7-18/h4-5,8-9,18H,6-7H2,1-3H3. The molecule has 1 atom stereocenters. The van der Waals surface area contributed by atoms with Crippen molar-refractivity contribution in [1.82, 2.24) is 14.5 Å². The van der Waals surface area contributed by atoms with Gasteiger partial charge in [-0.3, -0.25) is 4.90 Å². The Morgan fingerprint density at radius 2 is 2.17 bits per heavy atom. The van der Waals surface area contributed by atoms with Gasteiger partial charge in [0, 0.05) is 12.6 Å². The molecule has 98 valence electrons. The summed E-state index contributed by atoms with van der Waals surface area (Å²) in [6, 6.07) is 4.66. The molecule has 1 heterocycles. The highest BCUT2D eigenvalue weighted by Gasteiger charge is 2.18. The number of halogens is 1.